The van der Waals surface area contributed by atoms with Gasteiger partial charge in [-0.15, -0.1) is 12.6 Å². The number of unbranched alkanes of at least 4 members (excludes halogenated alkanes) is 1. The van der Waals surface area contributed by atoms with Crippen LogP contribution in [0.1, 0.15) is 19.8 Å². The number of ether oxygens (including phenoxy) is 1. The Bertz CT molecular complexity index is 98.4. The Labute approximate surface area is 72.9 Å². The second-order valence-corrected chi connectivity index (χ2v) is 2.98. The topological polar surface area (TPSA) is 38.3 Å². The van der Waals surface area contributed by atoms with E-state index in [1.165, 1.54) is 0 Å². The molecule has 1 unspecified atom stereocenters. The molecule has 1 N–H and O–H groups in total. The summed E-state index contributed by atoms with van der Waals surface area (Å²) in [6.07, 6.45) is 2.63. The minimum absolute atomic E-state index is 0.00836. The first-order chi connectivity index (χ1) is 5.27. The molecule has 0 saturated heterocycles. The Morgan fingerprint density at radius 2 is 2.36 bits per heavy atom. The minimum atomic E-state index is 0.00836. The van der Waals surface area contributed by atoms with Crippen LogP contribution >= 0.6 is 12.6 Å². The maximum Gasteiger partial charge on any atom is 0.207 e. The van der Waals surface area contributed by atoms with Crippen LogP contribution in [-0.2, 0) is 9.53 Å². The molecule has 1 amide bonds. The van der Waals surface area contributed by atoms with Crippen molar-refractivity contribution in [3.63, 3.8) is 0 Å². The molecular formula is C7H15NO2S. The molecule has 0 aliphatic rings. The van der Waals surface area contributed by atoms with Gasteiger partial charge >= 0.3 is 0 Å². The van der Waals surface area contributed by atoms with Crippen molar-refractivity contribution in [2.45, 2.75) is 25.2 Å². The molecule has 0 aromatic heterocycles. The van der Waals surface area contributed by atoms with Gasteiger partial charge in [-0.25, -0.2) is 0 Å². The number of thiol groups is 1. The molecule has 0 aliphatic carbocycles. The normalized spacial score (nSPS) is 12.5. The Hall–Kier alpha value is -0.220. The number of hydrogen-bond donors (Lipinski definition) is 2. The van der Waals surface area contributed by atoms with Crippen LogP contribution in [0.25, 0.3) is 0 Å². The van der Waals surface area contributed by atoms with Gasteiger partial charge in [0.2, 0.25) is 6.41 Å². The smallest absolute Gasteiger partial charge is 0.207 e. The van der Waals surface area contributed by atoms with Crippen molar-refractivity contribution in [3.8, 4) is 0 Å². The van der Waals surface area contributed by atoms with E-state index in [1.54, 1.807) is 0 Å². The first kappa shape index (κ1) is 10.8. The second kappa shape index (κ2) is 7.88. The average Bonchev–Trinajstić information content (AvgIpc) is 1.96. The van der Waals surface area contributed by atoms with E-state index in [9.17, 15) is 4.79 Å². The molecule has 0 rings (SSSR count). The SMILES string of the molecule is CC(S)OCCCCNC=O. The van der Waals surface area contributed by atoms with Crippen LogP contribution in [0.3, 0.4) is 0 Å². The van der Waals surface area contributed by atoms with E-state index in [2.05, 4.69) is 17.9 Å². The molecule has 11 heavy (non-hydrogen) atoms. The van der Waals surface area contributed by atoms with E-state index in [0.717, 1.165) is 19.4 Å². The summed E-state index contributed by atoms with van der Waals surface area (Å²) in [7, 11) is 0. The quantitative estimate of drug-likeness (QED) is 0.261. The molecule has 4 heteroatoms. The first-order valence-electron chi connectivity index (χ1n) is 3.74. The minimum Gasteiger partial charge on any atom is -0.368 e. The van der Waals surface area contributed by atoms with Crippen LogP contribution in [0, 0.1) is 0 Å². The van der Waals surface area contributed by atoms with Crippen molar-refractivity contribution in [1.29, 1.82) is 0 Å². The molecule has 0 saturated carbocycles. The van der Waals surface area contributed by atoms with Crippen molar-refractivity contribution in [2.24, 2.45) is 0 Å². The van der Waals surface area contributed by atoms with E-state index < -0.39 is 0 Å². The van der Waals surface area contributed by atoms with Crippen LogP contribution in [0.2, 0.25) is 0 Å². The van der Waals surface area contributed by atoms with Gasteiger partial charge in [-0.1, -0.05) is 0 Å². The molecule has 0 spiro atoms. The maximum absolute atomic E-state index is 9.79. The lowest BCUT2D eigenvalue weighted by Crippen LogP contribution is -2.13. The molecule has 0 fully saturated rings. The molecule has 0 heterocycles. The Morgan fingerprint density at radius 1 is 1.64 bits per heavy atom. The number of amides is 1. The predicted molar refractivity (Wildman–Crippen MR) is 47.7 cm³/mol. The summed E-state index contributed by atoms with van der Waals surface area (Å²) in [6, 6.07) is 0. The Morgan fingerprint density at radius 3 is 2.91 bits per heavy atom. The van der Waals surface area contributed by atoms with Crippen molar-refractivity contribution in [3.05, 3.63) is 0 Å². The predicted octanol–water partition coefficient (Wildman–Crippen LogP) is 0.805. The van der Waals surface area contributed by atoms with Gasteiger partial charge in [0, 0.05) is 13.2 Å². The second-order valence-electron chi connectivity index (χ2n) is 2.25. The maximum atomic E-state index is 9.79. The molecular weight excluding hydrogens is 162 g/mol. The molecule has 0 aliphatic heterocycles. The zero-order chi connectivity index (χ0) is 8.53. The van der Waals surface area contributed by atoms with Gasteiger partial charge in [-0.05, 0) is 19.8 Å². The third kappa shape index (κ3) is 9.78. The van der Waals surface area contributed by atoms with E-state index in [0.29, 0.717) is 13.0 Å². The van der Waals surface area contributed by atoms with E-state index in [-0.39, 0.29) is 5.44 Å². The average molecular weight is 177 g/mol. The number of carbonyl (C=O) groups excluding carboxylic acids is 1. The molecule has 0 bridgehead atoms. The summed E-state index contributed by atoms with van der Waals surface area (Å²) in [5.74, 6) is 0. The highest BCUT2D eigenvalue weighted by atomic mass is 32.1. The van der Waals surface area contributed by atoms with Crippen LogP contribution < -0.4 is 5.32 Å². The van der Waals surface area contributed by atoms with Gasteiger partial charge < -0.3 is 10.1 Å². The zero-order valence-corrected chi connectivity index (χ0v) is 7.64. The largest absolute Gasteiger partial charge is 0.368 e. The molecule has 0 aromatic rings. The van der Waals surface area contributed by atoms with Gasteiger partial charge in [0.05, 0.1) is 5.44 Å². The lowest BCUT2D eigenvalue weighted by molar-refractivity contribution is -0.109. The van der Waals surface area contributed by atoms with E-state index >= 15 is 0 Å². The monoisotopic (exact) mass is 177 g/mol. The van der Waals surface area contributed by atoms with Gasteiger partial charge in [0.1, 0.15) is 0 Å². The Balaban J connectivity index is 2.85. The van der Waals surface area contributed by atoms with Gasteiger partial charge in [0.15, 0.2) is 0 Å². The van der Waals surface area contributed by atoms with Crippen LogP contribution in [0.4, 0.5) is 0 Å². The fourth-order valence-electron chi connectivity index (χ4n) is 0.642. The molecule has 3 nitrogen and oxygen atoms in total. The zero-order valence-electron chi connectivity index (χ0n) is 6.75. The third-order valence-corrected chi connectivity index (χ3v) is 1.31. The fraction of sp³-hybridized carbons (Fsp3) is 0.857. The van der Waals surface area contributed by atoms with E-state index in [1.807, 2.05) is 6.92 Å². The standard InChI is InChI=1S/C7H15NO2S/c1-7(11)10-5-3-2-4-8-6-9/h6-7,11H,2-5H2,1H3,(H,8,9). The summed E-state index contributed by atoms with van der Waals surface area (Å²) in [4.78, 5) is 9.79. The third-order valence-electron chi connectivity index (χ3n) is 1.16. The molecule has 1 atom stereocenters. The lowest BCUT2D eigenvalue weighted by atomic mass is 10.3. The summed E-state index contributed by atoms with van der Waals surface area (Å²) in [5, 5.41) is 2.58. The summed E-state index contributed by atoms with van der Waals surface area (Å²) >= 11 is 4.05. The summed E-state index contributed by atoms with van der Waals surface area (Å²) < 4.78 is 5.17. The van der Waals surface area contributed by atoms with Crippen LogP contribution in [-0.4, -0.2) is 25.0 Å². The van der Waals surface area contributed by atoms with Crippen LogP contribution in [0.15, 0.2) is 0 Å². The van der Waals surface area contributed by atoms with Gasteiger partial charge in [-0.2, -0.15) is 0 Å². The van der Waals surface area contributed by atoms with Crippen molar-refractivity contribution in [2.75, 3.05) is 13.2 Å². The first-order valence-corrected chi connectivity index (χ1v) is 4.25. The number of nitrogens with one attached hydrogen (secondary N) is 1. The van der Waals surface area contributed by atoms with Gasteiger partial charge in [-0.3, -0.25) is 4.79 Å². The van der Waals surface area contributed by atoms with Crippen molar-refractivity contribution >= 4 is 19.0 Å². The van der Waals surface area contributed by atoms with Crippen molar-refractivity contribution < 1.29 is 9.53 Å². The summed E-state index contributed by atoms with van der Waals surface area (Å²) in [5.41, 5.74) is 0.00836. The lowest BCUT2D eigenvalue weighted by Gasteiger charge is -2.05. The highest BCUT2D eigenvalue weighted by molar-refractivity contribution is 7.80. The van der Waals surface area contributed by atoms with E-state index in [4.69, 9.17) is 4.74 Å². The highest BCUT2D eigenvalue weighted by Crippen LogP contribution is 1.97. The number of carbonyl (C=O) groups is 1. The van der Waals surface area contributed by atoms with Crippen LogP contribution in [0.5, 0.6) is 0 Å². The fourth-order valence-corrected chi connectivity index (χ4v) is 0.747. The van der Waals surface area contributed by atoms with Gasteiger partial charge in [0.25, 0.3) is 0 Å². The number of rotatable bonds is 7. The highest BCUT2D eigenvalue weighted by Gasteiger charge is 1.92. The molecule has 0 radical (unpaired) electrons. The van der Waals surface area contributed by atoms with Crippen molar-refractivity contribution in [1.82, 2.24) is 5.32 Å². The molecule has 0 aromatic carbocycles. The molecule has 66 valence electrons. The number of hydrogen-bond acceptors (Lipinski definition) is 3. The summed E-state index contributed by atoms with van der Waals surface area (Å²) in [6.45, 7) is 3.33. The Kier molecular flexibility index (Phi) is 7.72.